The van der Waals surface area contributed by atoms with Crippen molar-refractivity contribution in [1.82, 2.24) is 0 Å². The Balaban J connectivity index is 3.21. The molecule has 17 heavy (non-hydrogen) atoms. The van der Waals surface area contributed by atoms with E-state index in [0.29, 0.717) is 5.56 Å². The maximum Gasteiger partial charge on any atom is 0.379 e. The van der Waals surface area contributed by atoms with E-state index in [-0.39, 0.29) is 12.4 Å². The molecule has 0 amide bonds. The topological polar surface area (TPSA) is 52.6 Å². The fourth-order valence-corrected chi connectivity index (χ4v) is 1.39. The first-order chi connectivity index (χ1) is 8.01. The SMILES string of the molecule is CCOC(=O)C(=O)c1c(F)cc(C)cc1OC. The van der Waals surface area contributed by atoms with Gasteiger partial charge in [0.25, 0.3) is 5.78 Å². The molecule has 0 N–H and O–H groups in total. The summed E-state index contributed by atoms with van der Waals surface area (Å²) < 4.78 is 23.1. The average Bonchev–Trinajstić information content (AvgIpc) is 2.27. The van der Waals surface area contributed by atoms with Crippen molar-refractivity contribution in [3.05, 3.63) is 29.1 Å². The van der Waals surface area contributed by atoms with Gasteiger partial charge >= 0.3 is 5.97 Å². The van der Waals surface area contributed by atoms with E-state index >= 15 is 0 Å². The number of halogens is 1. The Hall–Kier alpha value is -1.91. The van der Waals surface area contributed by atoms with Crippen LogP contribution in [0.2, 0.25) is 0 Å². The van der Waals surface area contributed by atoms with Crippen LogP contribution in [0.1, 0.15) is 22.8 Å². The van der Waals surface area contributed by atoms with Gasteiger partial charge in [-0.05, 0) is 31.5 Å². The van der Waals surface area contributed by atoms with Gasteiger partial charge in [0.2, 0.25) is 0 Å². The van der Waals surface area contributed by atoms with Gasteiger partial charge in [-0.1, -0.05) is 0 Å². The Bertz CT molecular complexity index is 454. The number of methoxy groups -OCH3 is 1. The van der Waals surface area contributed by atoms with E-state index in [0.717, 1.165) is 6.07 Å². The number of aryl methyl sites for hydroxylation is 1. The zero-order valence-corrected chi connectivity index (χ0v) is 9.87. The lowest BCUT2D eigenvalue weighted by atomic mass is 10.1. The molecule has 92 valence electrons. The van der Waals surface area contributed by atoms with Gasteiger partial charge in [-0.3, -0.25) is 4.79 Å². The number of carbonyl (C=O) groups is 2. The van der Waals surface area contributed by atoms with Crippen molar-refractivity contribution in [3.63, 3.8) is 0 Å². The first kappa shape index (κ1) is 13.2. The molecule has 0 radical (unpaired) electrons. The van der Waals surface area contributed by atoms with Crippen LogP contribution in [0.15, 0.2) is 12.1 Å². The summed E-state index contributed by atoms with van der Waals surface area (Å²) >= 11 is 0. The second kappa shape index (κ2) is 5.43. The van der Waals surface area contributed by atoms with Crippen molar-refractivity contribution in [1.29, 1.82) is 0 Å². The summed E-state index contributed by atoms with van der Waals surface area (Å²) in [6.07, 6.45) is 0. The third-order valence-electron chi connectivity index (χ3n) is 2.11. The molecule has 0 aromatic heterocycles. The monoisotopic (exact) mass is 240 g/mol. The molecule has 0 aliphatic carbocycles. The Morgan fingerprint density at radius 2 is 2.00 bits per heavy atom. The highest BCUT2D eigenvalue weighted by Crippen LogP contribution is 2.24. The maximum absolute atomic E-state index is 13.6. The second-order valence-corrected chi connectivity index (χ2v) is 3.37. The number of benzene rings is 1. The molecule has 0 heterocycles. The maximum atomic E-state index is 13.6. The molecule has 5 heteroatoms. The van der Waals surface area contributed by atoms with Crippen molar-refractivity contribution in [2.24, 2.45) is 0 Å². The Labute approximate surface area is 98.3 Å². The van der Waals surface area contributed by atoms with Crippen LogP contribution in [-0.2, 0) is 9.53 Å². The number of ether oxygens (including phenoxy) is 2. The van der Waals surface area contributed by atoms with Crippen molar-refractivity contribution >= 4 is 11.8 Å². The minimum Gasteiger partial charge on any atom is -0.496 e. The predicted octanol–water partition coefficient (Wildman–Crippen LogP) is 1.89. The molecule has 4 nitrogen and oxygen atoms in total. The molecule has 1 aromatic carbocycles. The molecule has 0 saturated heterocycles. The molecule has 1 aromatic rings. The number of Topliss-reactive ketones (excluding diaryl/α,β-unsaturated/α-hetero) is 1. The lowest BCUT2D eigenvalue weighted by Gasteiger charge is -2.09. The Morgan fingerprint density at radius 1 is 1.35 bits per heavy atom. The quantitative estimate of drug-likeness (QED) is 0.458. The van der Waals surface area contributed by atoms with E-state index in [4.69, 9.17) is 4.74 Å². The van der Waals surface area contributed by atoms with Crippen LogP contribution in [-0.4, -0.2) is 25.5 Å². The number of rotatable bonds is 4. The van der Waals surface area contributed by atoms with Gasteiger partial charge in [-0.2, -0.15) is 0 Å². The first-order valence-electron chi connectivity index (χ1n) is 5.06. The predicted molar refractivity (Wildman–Crippen MR) is 58.7 cm³/mol. The zero-order valence-electron chi connectivity index (χ0n) is 9.87. The molecule has 0 spiro atoms. The summed E-state index contributed by atoms with van der Waals surface area (Å²) in [6, 6.07) is 2.64. The molecular formula is C12H13FO4. The summed E-state index contributed by atoms with van der Waals surface area (Å²) in [6.45, 7) is 3.28. The molecule has 0 saturated carbocycles. The average molecular weight is 240 g/mol. The van der Waals surface area contributed by atoms with Crippen molar-refractivity contribution < 1.29 is 23.5 Å². The normalized spacial score (nSPS) is 9.88. The zero-order chi connectivity index (χ0) is 13.0. The highest BCUT2D eigenvalue weighted by molar-refractivity contribution is 6.41. The van der Waals surface area contributed by atoms with Gasteiger partial charge in [0.15, 0.2) is 0 Å². The van der Waals surface area contributed by atoms with Crippen LogP contribution in [0.5, 0.6) is 5.75 Å². The third-order valence-corrected chi connectivity index (χ3v) is 2.11. The Kier molecular flexibility index (Phi) is 4.20. The standard InChI is InChI=1S/C12H13FO4/c1-4-17-12(15)11(14)10-8(13)5-7(2)6-9(10)16-3/h5-6H,4H2,1-3H3. The van der Waals surface area contributed by atoms with Crippen LogP contribution in [0, 0.1) is 12.7 Å². The van der Waals surface area contributed by atoms with Crippen LogP contribution in [0.4, 0.5) is 4.39 Å². The molecule has 0 atom stereocenters. The second-order valence-electron chi connectivity index (χ2n) is 3.37. The number of hydrogen-bond acceptors (Lipinski definition) is 4. The van der Waals surface area contributed by atoms with E-state index in [2.05, 4.69) is 4.74 Å². The van der Waals surface area contributed by atoms with E-state index in [9.17, 15) is 14.0 Å². The van der Waals surface area contributed by atoms with Crippen molar-refractivity contribution in [3.8, 4) is 5.75 Å². The molecule has 0 aliphatic heterocycles. The van der Waals surface area contributed by atoms with E-state index < -0.39 is 23.1 Å². The highest BCUT2D eigenvalue weighted by Gasteiger charge is 2.25. The van der Waals surface area contributed by atoms with Gasteiger partial charge in [-0.25, -0.2) is 9.18 Å². The van der Waals surface area contributed by atoms with Crippen LogP contribution >= 0.6 is 0 Å². The lowest BCUT2D eigenvalue weighted by Crippen LogP contribution is -2.19. The van der Waals surface area contributed by atoms with Gasteiger partial charge in [0, 0.05) is 0 Å². The minimum absolute atomic E-state index is 0.0283. The summed E-state index contributed by atoms with van der Waals surface area (Å²) in [5.41, 5.74) is 0.205. The summed E-state index contributed by atoms with van der Waals surface area (Å²) in [5.74, 6) is -2.89. The molecular weight excluding hydrogens is 227 g/mol. The number of esters is 1. The molecule has 1 rings (SSSR count). The fourth-order valence-electron chi connectivity index (χ4n) is 1.39. The number of carbonyl (C=O) groups excluding carboxylic acids is 2. The summed E-state index contributed by atoms with van der Waals surface area (Å²) in [5, 5.41) is 0. The van der Waals surface area contributed by atoms with Crippen LogP contribution in [0.25, 0.3) is 0 Å². The third kappa shape index (κ3) is 2.81. The first-order valence-corrected chi connectivity index (χ1v) is 5.06. The van der Waals surface area contributed by atoms with Crippen molar-refractivity contribution in [2.75, 3.05) is 13.7 Å². The largest absolute Gasteiger partial charge is 0.496 e. The summed E-state index contributed by atoms with van der Waals surface area (Å²) in [4.78, 5) is 22.9. The number of hydrogen-bond donors (Lipinski definition) is 0. The van der Waals surface area contributed by atoms with Crippen LogP contribution in [0.3, 0.4) is 0 Å². The van der Waals surface area contributed by atoms with Gasteiger partial charge in [0.05, 0.1) is 13.7 Å². The fraction of sp³-hybridized carbons (Fsp3) is 0.333. The van der Waals surface area contributed by atoms with Gasteiger partial charge in [0.1, 0.15) is 17.1 Å². The molecule has 0 unspecified atom stereocenters. The lowest BCUT2D eigenvalue weighted by molar-refractivity contribution is -0.137. The van der Waals surface area contributed by atoms with E-state index in [1.54, 1.807) is 13.8 Å². The molecule has 0 bridgehead atoms. The van der Waals surface area contributed by atoms with Crippen molar-refractivity contribution in [2.45, 2.75) is 13.8 Å². The summed E-state index contributed by atoms with van der Waals surface area (Å²) in [7, 11) is 1.30. The Morgan fingerprint density at radius 3 is 2.53 bits per heavy atom. The molecule has 0 aliphatic rings. The van der Waals surface area contributed by atoms with E-state index in [1.165, 1.54) is 13.2 Å². The van der Waals surface area contributed by atoms with Crippen LogP contribution < -0.4 is 4.74 Å². The van der Waals surface area contributed by atoms with Gasteiger partial charge < -0.3 is 9.47 Å². The molecule has 0 fully saturated rings. The van der Waals surface area contributed by atoms with Gasteiger partial charge in [-0.15, -0.1) is 0 Å². The smallest absolute Gasteiger partial charge is 0.379 e. The van der Waals surface area contributed by atoms with E-state index in [1.807, 2.05) is 0 Å². The number of ketones is 1. The highest BCUT2D eigenvalue weighted by atomic mass is 19.1. The minimum atomic E-state index is -1.09.